The van der Waals surface area contributed by atoms with Crippen molar-refractivity contribution in [3.8, 4) is 0 Å². The van der Waals surface area contributed by atoms with Gasteiger partial charge in [0.2, 0.25) is 0 Å². The van der Waals surface area contributed by atoms with Crippen LogP contribution in [0.2, 0.25) is 0 Å². The molecular weight excluding hydrogens is 212 g/mol. The molecule has 1 atom stereocenters. The van der Waals surface area contributed by atoms with Crippen LogP contribution in [0, 0.1) is 11.3 Å². The van der Waals surface area contributed by atoms with Gasteiger partial charge in [-0.15, -0.1) is 0 Å². The van der Waals surface area contributed by atoms with Crippen molar-refractivity contribution in [3.05, 3.63) is 0 Å². The van der Waals surface area contributed by atoms with E-state index in [2.05, 4.69) is 13.8 Å². The monoisotopic (exact) mass is 238 g/mol. The molecule has 1 unspecified atom stereocenters. The van der Waals surface area contributed by atoms with Crippen LogP contribution in [0.25, 0.3) is 0 Å². The number of rotatable bonds is 5. The minimum Gasteiger partial charge on any atom is -0.462 e. The molecule has 0 aromatic heterocycles. The molecule has 2 heteroatoms. The number of hydrogen-bond donors (Lipinski definition) is 0. The third kappa shape index (κ3) is 2.66. The number of ether oxygens (including phenoxy) is 1. The average Bonchev–Trinajstić information content (AvgIpc) is 2.67. The molecule has 17 heavy (non-hydrogen) atoms. The topological polar surface area (TPSA) is 26.3 Å². The van der Waals surface area contributed by atoms with Crippen LogP contribution in [0.1, 0.15) is 71.6 Å². The molecule has 2 aliphatic rings. The summed E-state index contributed by atoms with van der Waals surface area (Å²) in [4.78, 5) is 12.4. The Morgan fingerprint density at radius 2 is 1.82 bits per heavy atom. The molecular formula is C15H26O2. The maximum absolute atomic E-state index is 12.4. The smallest absolute Gasteiger partial charge is 0.312 e. The number of carbonyl (C=O) groups excluding carboxylic acids is 1. The molecule has 0 aromatic carbocycles. The van der Waals surface area contributed by atoms with E-state index in [4.69, 9.17) is 4.74 Å². The maximum atomic E-state index is 12.4. The van der Waals surface area contributed by atoms with Crippen LogP contribution in [-0.2, 0) is 9.53 Å². The van der Waals surface area contributed by atoms with Crippen LogP contribution in [0.3, 0.4) is 0 Å². The van der Waals surface area contributed by atoms with Crippen molar-refractivity contribution in [3.63, 3.8) is 0 Å². The van der Waals surface area contributed by atoms with Crippen molar-refractivity contribution < 1.29 is 9.53 Å². The van der Waals surface area contributed by atoms with Crippen LogP contribution in [0.15, 0.2) is 0 Å². The fourth-order valence-corrected chi connectivity index (χ4v) is 3.33. The molecule has 2 saturated carbocycles. The lowest BCUT2D eigenvalue weighted by molar-refractivity contribution is -0.166. The lowest BCUT2D eigenvalue weighted by atomic mass is 9.64. The van der Waals surface area contributed by atoms with Gasteiger partial charge < -0.3 is 4.74 Å². The van der Waals surface area contributed by atoms with Crippen LogP contribution in [-0.4, -0.2) is 12.1 Å². The summed E-state index contributed by atoms with van der Waals surface area (Å²) in [5, 5.41) is 0. The molecule has 98 valence electrons. The van der Waals surface area contributed by atoms with Crippen molar-refractivity contribution in [1.29, 1.82) is 0 Å². The van der Waals surface area contributed by atoms with Gasteiger partial charge in [-0.2, -0.15) is 0 Å². The lowest BCUT2D eigenvalue weighted by Crippen LogP contribution is -2.41. The highest BCUT2D eigenvalue weighted by molar-refractivity contribution is 5.77. The Bertz CT molecular complexity index is 264. The Balaban J connectivity index is 1.96. The molecule has 0 amide bonds. The van der Waals surface area contributed by atoms with Crippen LogP contribution in [0.5, 0.6) is 0 Å². The van der Waals surface area contributed by atoms with E-state index in [1.54, 1.807) is 0 Å². The first-order chi connectivity index (χ1) is 8.16. The van der Waals surface area contributed by atoms with Crippen LogP contribution in [0.4, 0.5) is 0 Å². The largest absolute Gasteiger partial charge is 0.462 e. The molecule has 0 N–H and O–H groups in total. The Labute approximate surface area is 105 Å². The number of hydrogen-bond acceptors (Lipinski definition) is 2. The molecule has 0 aliphatic heterocycles. The minimum atomic E-state index is -0.199. The fraction of sp³-hybridized carbons (Fsp3) is 0.933. The lowest BCUT2D eigenvalue weighted by Gasteiger charge is -2.41. The van der Waals surface area contributed by atoms with Gasteiger partial charge in [0.15, 0.2) is 0 Å². The molecule has 2 nitrogen and oxygen atoms in total. The number of carbonyl (C=O) groups is 1. The van der Waals surface area contributed by atoms with Gasteiger partial charge in [-0.05, 0) is 57.8 Å². The Morgan fingerprint density at radius 3 is 2.29 bits per heavy atom. The second-order valence-corrected chi connectivity index (χ2v) is 6.11. The van der Waals surface area contributed by atoms with E-state index in [9.17, 15) is 4.79 Å². The van der Waals surface area contributed by atoms with Crippen molar-refractivity contribution in [2.45, 2.75) is 77.7 Å². The first kappa shape index (κ1) is 12.9. The first-order valence-corrected chi connectivity index (χ1v) is 7.38. The second-order valence-electron chi connectivity index (χ2n) is 6.11. The molecule has 0 aromatic rings. The third-order valence-electron chi connectivity index (χ3n) is 4.82. The van der Waals surface area contributed by atoms with E-state index >= 15 is 0 Å². The Kier molecular flexibility index (Phi) is 4.11. The van der Waals surface area contributed by atoms with Gasteiger partial charge in [0.05, 0.1) is 5.41 Å². The summed E-state index contributed by atoms with van der Waals surface area (Å²) in [5.74, 6) is 0.673. The van der Waals surface area contributed by atoms with E-state index < -0.39 is 0 Å². The first-order valence-electron chi connectivity index (χ1n) is 7.38. The summed E-state index contributed by atoms with van der Waals surface area (Å²) < 4.78 is 5.75. The zero-order chi connectivity index (χ0) is 12.3. The van der Waals surface area contributed by atoms with Gasteiger partial charge >= 0.3 is 5.97 Å². The van der Waals surface area contributed by atoms with E-state index in [0.717, 1.165) is 25.7 Å². The standard InChI is InChI=1S/C15H26O2/c1-3-11-15(2,12-7-6-8-12)14(16)17-13-9-4-5-10-13/h12-13H,3-11H2,1-2H3. The van der Waals surface area contributed by atoms with Gasteiger partial charge in [-0.25, -0.2) is 0 Å². The summed E-state index contributed by atoms with van der Waals surface area (Å²) >= 11 is 0. The molecule has 0 radical (unpaired) electrons. The summed E-state index contributed by atoms with van der Waals surface area (Å²) in [6, 6.07) is 0. The Hall–Kier alpha value is -0.530. The molecule has 0 saturated heterocycles. The van der Waals surface area contributed by atoms with Crippen LogP contribution < -0.4 is 0 Å². The SMILES string of the molecule is CCCC(C)(C(=O)OC1CCCC1)C1CCC1. The van der Waals surface area contributed by atoms with E-state index in [-0.39, 0.29) is 17.5 Å². The van der Waals surface area contributed by atoms with Crippen LogP contribution >= 0.6 is 0 Å². The zero-order valence-electron chi connectivity index (χ0n) is 11.3. The average molecular weight is 238 g/mol. The summed E-state index contributed by atoms with van der Waals surface area (Å²) in [6.45, 7) is 4.30. The van der Waals surface area contributed by atoms with E-state index in [0.29, 0.717) is 5.92 Å². The fourth-order valence-electron chi connectivity index (χ4n) is 3.33. The summed E-state index contributed by atoms with van der Waals surface area (Å²) in [5.41, 5.74) is -0.199. The minimum absolute atomic E-state index is 0.0935. The van der Waals surface area contributed by atoms with Gasteiger partial charge in [0, 0.05) is 0 Å². The van der Waals surface area contributed by atoms with E-state index in [1.807, 2.05) is 0 Å². The third-order valence-corrected chi connectivity index (χ3v) is 4.82. The van der Waals surface area contributed by atoms with Gasteiger partial charge in [-0.3, -0.25) is 4.79 Å². The van der Waals surface area contributed by atoms with Crippen molar-refractivity contribution >= 4 is 5.97 Å². The summed E-state index contributed by atoms with van der Waals surface area (Å²) in [6.07, 6.45) is 10.6. The molecule has 0 bridgehead atoms. The predicted molar refractivity (Wildman–Crippen MR) is 68.7 cm³/mol. The molecule has 2 fully saturated rings. The quantitative estimate of drug-likeness (QED) is 0.675. The predicted octanol–water partition coefficient (Wildman–Crippen LogP) is 4.08. The van der Waals surface area contributed by atoms with Crippen molar-refractivity contribution in [2.75, 3.05) is 0 Å². The molecule has 0 spiro atoms. The van der Waals surface area contributed by atoms with Crippen molar-refractivity contribution in [2.24, 2.45) is 11.3 Å². The normalized spacial score (nSPS) is 25.3. The highest BCUT2D eigenvalue weighted by Crippen LogP contribution is 2.46. The summed E-state index contributed by atoms with van der Waals surface area (Å²) in [7, 11) is 0. The molecule has 2 aliphatic carbocycles. The maximum Gasteiger partial charge on any atom is 0.312 e. The van der Waals surface area contributed by atoms with Gasteiger partial charge in [-0.1, -0.05) is 19.8 Å². The van der Waals surface area contributed by atoms with Gasteiger partial charge in [0.25, 0.3) is 0 Å². The Morgan fingerprint density at radius 1 is 1.18 bits per heavy atom. The van der Waals surface area contributed by atoms with E-state index in [1.165, 1.54) is 32.1 Å². The highest BCUT2D eigenvalue weighted by Gasteiger charge is 2.45. The molecule has 0 heterocycles. The molecule has 2 rings (SSSR count). The highest BCUT2D eigenvalue weighted by atomic mass is 16.5. The second kappa shape index (κ2) is 5.41. The zero-order valence-corrected chi connectivity index (χ0v) is 11.3. The number of esters is 1. The van der Waals surface area contributed by atoms with Crippen molar-refractivity contribution in [1.82, 2.24) is 0 Å². The van der Waals surface area contributed by atoms with Gasteiger partial charge in [0.1, 0.15) is 6.10 Å².